The third-order valence-corrected chi connectivity index (χ3v) is 6.31. The van der Waals surface area contributed by atoms with Gasteiger partial charge in [-0.1, -0.05) is 41.1 Å². The van der Waals surface area contributed by atoms with E-state index in [0.717, 1.165) is 27.4 Å². The van der Waals surface area contributed by atoms with Crippen LogP contribution in [0, 0.1) is 12.7 Å². The number of hydrogen-bond acceptors (Lipinski definition) is 3. The van der Waals surface area contributed by atoms with E-state index in [9.17, 15) is 9.18 Å². The summed E-state index contributed by atoms with van der Waals surface area (Å²) < 4.78 is 18.0. The fourth-order valence-corrected chi connectivity index (χ4v) is 4.86. The van der Waals surface area contributed by atoms with E-state index in [1.165, 1.54) is 6.07 Å². The topological polar surface area (TPSA) is 39.8 Å². The Kier molecular flexibility index (Phi) is 3.81. The second kappa shape index (κ2) is 6.11. The largest absolute Gasteiger partial charge is 0.330 e. The molecular formula is C20H15ClFN3OS. The third-order valence-electron chi connectivity index (χ3n) is 5.00. The lowest BCUT2D eigenvalue weighted by molar-refractivity contribution is 0.602. The van der Waals surface area contributed by atoms with Crippen LogP contribution in [0.4, 0.5) is 4.39 Å². The van der Waals surface area contributed by atoms with Gasteiger partial charge in [0.05, 0.1) is 12.1 Å². The van der Waals surface area contributed by atoms with Crippen molar-refractivity contribution in [3.63, 3.8) is 0 Å². The van der Waals surface area contributed by atoms with Crippen molar-refractivity contribution >= 4 is 45.3 Å². The number of benzene rings is 2. The zero-order chi connectivity index (χ0) is 18.7. The Morgan fingerprint density at radius 2 is 2.15 bits per heavy atom. The molecule has 0 saturated carbocycles. The molecule has 0 amide bonds. The van der Waals surface area contributed by atoms with Crippen molar-refractivity contribution in [3.8, 4) is 0 Å². The highest BCUT2D eigenvalue weighted by molar-refractivity contribution is 7.99. The van der Waals surface area contributed by atoms with E-state index in [4.69, 9.17) is 16.6 Å². The van der Waals surface area contributed by atoms with Crippen molar-refractivity contribution in [3.05, 3.63) is 68.7 Å². The number of aromatic nitrogens is 3. The van der Waals surface area contributed by atoms with Crippen LogP contribution in [0.5, 0.6) is 0 Å². The molecule has 0 aliphatic carbocycles. The lowest BCUT2D eigenvalue weighted by Crippen LogP contribution is -2.22. The Hall–Kier alpha value is -2.31. The van der Waals surface area contributed by atoms with Gasteiger partial charge in [0, 0.05) is 28.3 Å². The van der Waals surface area contributed by atoms with Crippen molar-refractivity contribution < 1.29 is 4.39 Å². The average molecular weight is 400 g/mol. The molecule has 4 nitrogen and oxygen atoms in total. The molecule has 0 atom stereocenters. The average Bonchev–Trinajstić information content (AvgIpc) is 3.22. The zero-order valence-corrected chi connectivity index (χ0v) is 16.1. The van der Waals surface area contributed by atoms with Gasteiger partial charge in [-0.15, -0.1) is 0 Å². The van der Waals surface area contributed by atoms with Gasteiger partial charge in [-0.25, -0.2) is 9.37 Å². The zero-order valence-electron chi connectivity index (χ0n) is 14.5. The maximum Gasteiger partial charge on any atom is 0.278 e. The molecule has 1 aliphatic rings. The van der Waals surface area contributed by atoms with E-state index in [1.807, 2.05) is 29.7 Å². The Morgan fingerprint density at radius 1 is 1.30 bits per heavy atom. The second-order valence-corrected chi connectivity index (χ2v) is 8.17. The van der Waals surface area contributed by atoms with Crippen molar-refractivity contribution in [2.45, 2.75) is 25.2 Å². The summed E-state index contributed by atoms with van der Waals surface area (Å²) in [6, 6.07) is 10.6. The Balaban J connectivity index is 1.89. The van der Waals surface area contributed by atoms with Crippen molar-refractivity contribution in [1.82, 2.24) is 14.1 Å². The summed E-state index contributed by atoms with van der Waals surface area (Å²) in [6.07, 6.45) is 0. The van der Waals surface area contributed by atoms with Crippen LogP contribution in [0.2, 0.25) is 5.02 Å². The molecule has 0 fully saturated rings. The van der Waals surface area contributed by atoms with Gasteiger partial charge in [0.2, 0.25) is 0 Å². The van der Waals surface area contributed by atoms with Gasteiger partial charge in [-0.2, -0.15) is 0 Å². The Labute approximate surface area is 163 Å². The quantitative estimate of drug-likeness (QED) is 0.462. The van der Waals surface area contributed by atoms with Crippen LogP contribution in [-0.4, -0.2) is 19.9 Å². The molecule has 136 valence electrons. The second-order valence-electron chi connectivity index (χ2n) is 6.70. The first-order chi connectivity index (χ1) is 13.0. The van der Waals surface area contributed by atoms with Crippen molar-refractivity contribution in [2.24, 2.45) is 0 Å². The van der Waals surface area contributed by atoms with Crippen molar-refractivity contribution in [2.75, 3.05) is 5.75 Å². The summed E-state index contributed by atoms with van der Waals surface area (Å²) in [5, 5.41) is 2.00. The molecule has 0 bridgehead atoms. The van der Waals surface area contributed by atoms with Crippen LogP contribution < -0.4 is 5.56 Å². The fourth-order valence-electron chi connectivity index (χ4n) is 3.69. The van der Waals surface area contributed by atoms with E-state index >= 15 is 0 Å². The number of fused-ring (bicyclic) bond motifs is 4. The highest BCUT2D eigenvalue weighted by atomic mass is 35.5. The first-order valence-electron chi connectivity index (χ1n) is 8.63. The highest BCUT2D eigenvalue weighted by Gasteiger charge is 2.23. The predicted octanol–water partition coefficient (Wildman–Crippen LogP) is 4.61. The first kappa shape index (κ1) is 16.8. The molecule has 0 unspecified atom stereocenters. The number of hydrogen-bond donors (Lipinski definition) is 0. The van der Waals surface area contributed by atoms with Gasteiger partial charge in [-0.05, 0) is 31.2 Å². The minimum atomic E-state index is -0.380. The molecule has 4 aromatic rings. The van der Waals surface area contributed by atoms with Gasteiger partial charge in [0.15, 0.2) is 5.16 Å². The molecule has 1 aliphatic heterocycles. The minimum Gasteiger partial charge on any atom is -0.330 e. The first-order valence-corrected chi connectivity index (χ1v) is 10.00. The molecule has 0 spiro atoms. The number of halogens is 2. The van der Waals surface area contributed by atoms with E-state index < -0.39 is 0 Å². The van der Waals surface area contributed by atoms with Crippen molar-refractivity contribution in [1.29, 1.82) is 0 Å². The predicted molar refractivity (Wildman–Crippen MR) is 107 cm³/mol. The molecule has 0 N–H and O–H groups in total. The maximum absolute atomic E-state index is 14.4. The van der Waals surface area contributed by atoms with Crippen LogP contribution in [-0.2, 0) is 13.1 Å². The molecule has 2 aromatic carbocycles. The van der Waals surface area contributed by atoms with Crippen LogP contribution >= 0.6 is 23.4 Å². The van der Waals surface area contributed by atoms with Crippen LogP contribution in [0.15, 0.2) is 46.3 Å². The molecule has 0 saturated heterocycles. The number of nitrogens with zero attached hydrogens (tertiary/aromatic N) is 3. The summed E-state index contributed by atoms with van der Waals surface area (Å²) in [5.41, 5.74) is 3.40. The van der Waals surface area contributed by atoms with E-state index in [1.54, 1.807) is 28.5 Å². The normalized spacial score (nSPS) is 13.6. The van der Waals surface area contributed by atoms with E-state index in [2.05, 4.69) is 0 Å². The summed E-state index contributed by atoms with van der Waals surface area (Å²) in [5.74, 6) is 0.458. The Bertz CT molecular complexity index is 1270. The fraction of sp³-hybridized carbons (Fsp3) is 0.200. The molecule has 2 aromatic heterocycles. The van der Waals surface area contributed by atoms with Crippen LogP contribution in [0.1, 0.15) is 11.1 Å². The van der Waals surface area contributed by atoms with Gasteiger partial charge in [-0.3, -0.25) is 9.36 Å². The lowest BCUT2D eigenvalue weighted by atomic mass is 10.1. The summed E-state index contributed by atoms with van der Waals surface area (Å²) >= 11 is 7.84. The summed E-state index contributed by atoms with van der Waals surface area (Å²) in [4.78, 5) is 18.0. The van der Waals surface area contributed by atoms with E-state index in [0.29, 0.717) is 28.2 Å². The number of rotatable bonds is 2. The van der Waals surface area contributed by atoms with Crippen LogP contribution in [0.3, 0.4) is 0 Å². The van der Waals surface area contributed by atoms with E-state index in [-0.39, 0.29) is 17.9 Å². The molecule has 7 heteroatoms. The van der Waals surface area contributed by atoms with Crippen LogP contribution in [0.25, 0.3) is 21.9 Å². The van der Waals surface area contributed by atoms with Gasteiger partial charge in [0.1, 0.15) is 16.9 Å². The molecule has 5 rings (SSSR count). The minimum absolute atomic E-state index is 0.0821. The lowest BCUT2D eigenvalue weighted by Gasteiger charge is -2.10. The maximum atomic E-state index is 14.4. The third kappa shape index (κ3) is 2.51. The number of aryl methyl sites for hydroxylation is 1. The standard InChI is InChI=1S/C20H15ClFN3OS/c1-11-5-6-16-12(9-11)17-18(19(26)24-7-8-27-20(24)23-17)25(16)10-13-14(21)3-2-4-15(13)22/h2-6,9H,7-8,10H2,1H3. The molecule has 0 radical (unpaired) electrons. The SMILES string of the molecule is Cc1ccc2c(c1)c1nc3n(c(=O)c1n2Cc1c(F)cccc1Cl)CCS3. The molecule has 27 heavy (non-hydrogen) atoms. The molecule has 3 heterocycles. The Morgan fingerprint density at radius 3 is 2.96 bits per heavy atom. The monoisotopic (exact) mass is 399 g/mol. The smallest absolute Gasteiger partial charge is 0.278 e. The van der Waals surface area contributed by atoms with Gasteiger partial charge in [0.25, 0.3) is 5.56 Å². The number of thioether (sulfide) groups is 1. The summed E-state index contributed by atoms with van der Waals surface area (Å²) in [7, 11) is 0. The summed E-state index contributed by atoms with van der Waals surface area (Å²) in [6.45, 7) is 2.83. The highest BCUT2D eigenvalue weighted by Crippen LogP contribution is 2.32. The van der Waals surface area contributed by atoms with Gasteiger partial charge >= 0.3 is 0 Å². The molecular weight excluding hydrogens is 385 g/mol. The van der Waals surface area contributed by atoms with Gasteiger partial charge < -0.3 is 4.57 Å².